The van der Waals surface area contributed by atoms with E-state index in [0.29, 0.717) is 33.2 Å². The van der Waals surface area contributed by atoms with E-state index in [1.807, 2.05) is 48.5 Å². The maximum Gasteiger partial charge on any atom is 0.124 e. The summed E-state index contributed by atoms with van der Waals surface area (Å²) in [7, 11) is 0. The van der Waals surface area contributed by atoms with E-state index >= 15 is 0 Å². The molecular weight excluding hydrogens is 436 g/mol. The first-order valence-electron chi connectivity index (χ1n) is 8.82. The molecular formula is C22H19Cl4NO. The molecule has 3 aromatic rings. The molecule has 2 nitrogen and oxygen atoms in total. The number of hydrogen-bond acceptors (Lipinski definition) is 2. The van der Waals surface area contributed by atoms with Crippen LogP contribution in [0.2, 0.25) is 20.1 Å². The predicted molar refractivity (Wildman–Crippen MR) is 119 cm³/mol. The van der Waals surface area contributed by atoms with Gasteiger partial charge in [0, 0.05) is 37.8 Å². The summed E-state index contributed by atoms with van der Waals surface area (Å²) in [4.78, 5) is 0. The summed E-state index contributed by atoms with van der Waals surface area (Å²) >= 11 is 24.3. The number of rotatable bonds is 8. The number of para-hydroxylation sites is 1. The van der Waals surface area contributed by atoms with Crippen molar-refractivity contribution in [1.29, 1.82) is 0 Å². The van der Waals surface area contributed by atoms with E-state index in [9.17, 15) is 0 Å². The first-order valence-corrected chi connectivity index (χ1v) is 10.3. The first kappa shape index (κ1) is 21.3. The Labute approximate surface area is 185 Å². The quantitative estimate of drug-likeness (QED) is 0.363. The minimum absolute atomic E-state index is 0.382. The van der Waals surface area contributed by atoms with Crippen molar-refractivity contribution in [3.63, 3.8) is 0 Å². The molecule has 0 radical (unpaired) electrons. The van der Waals surface area contributed by atoms with Crippen molar-refractivity contribution in [3.8, 4) is 5.75 Å². The first-order chi connectivity index (χ1) is 13.5. The highest BCUT2D eigenvalue weighted by atomic mass is 35.5. The Morgan fingerprint density at radius 1 is 0.714 bits per heavy atom. The third kappa shape index (κ3) is 6.04. The minimum atomic E-state index is 0.382. The Morgan fingerprint density at radius 3 is 2.04 bits per heavy atom. The Kier molecular flexibility index (Phi) is 7.90. The molecule has 3 rings (SSSR count). The average Bonchev–Trinajstić information content (AvgIpc) is 2.67. The lowest BCUT2D eigenvalue weighted by Crippen LogP contribution is -2.17. The summed E-state index contributed by atoms with van der Waals surface area (Å²) in [5, 5.41) is 5.98. The lowest BCUT2D eigenvalue weighted by Gasteiger charge is -2.13. The van der Waals surface area contributed by atoms with E-state index in [-0.39, 0.29) is 0 Å². The van der Waals surface area contributed by atoms with Crippen LogP contribution in [0.4, 0.5) is 0 Å². The van der Waals surface area contributed by atoms with Gasteiger partial charge in [-0.25, -0.2) is 0 Å². The molecule has 0 unspecified atom stereocenters. The van der Waals surface area contributed by atoms with Crippen LogP contribution in [0, 0.1) is 0 Å². The molecule has 0 saturated carbocycles. The second kappa shape index (κ2) is 10.4. The van der Waals surface area contributed by atoms with Crippen LogP contribution in [0.15, 0.2) is 60.7 Å². The van der Waals surface area contributed by atoms with Crippen LogP contribution in [0.1, 0.15) is 16.7 Å². The zero-order valence-corrected chi connectivity index (χ0v) is 18.0. The smallest absolute Gasteiger partial charge is 0.124 e. The molecule has 0 saturated heterocycles. The van der Waals surface area contributed by atoms with Crippen molar-refractivity contribution in [3.05, 3.63) is 97.4 Å². The van der Waals surface area contributed by atoms with Crippen molar-refractivity contribution in [2.45, 2.75) is 19.6 Å². The van der Waals surface area contributed by atoms with Gasteiger partial charge in [-0.2, -0.15) is 0 Å². The second-order valence-corrected chi connectivity index (χ2v) is 7.98. The van der Waals surface area contributed by atoms with E-state index < -0.39 is 0 Å². The van der Waals surface area contributed by atoms with Gasteiger partial charge in [0.2, 0.25) is 0 Å². The van der Waals surface area contributed by atoms with Crippen LogP contribution in [-0.2, 0) is 19.6 Å². The molecule has 0 aliphatic heterocycles. The van der Waals surface area contributed by atoms with Crippen molar-refractivity contribution in [2.75, 3.05) is 6.54 Å². The average molecular weight is 455 g/mol. The molecule has 0 fully saturated rings. The maximum atomic E-state index is 6.22. The van der Waals surface area contributed by atoms with Crippen molar-refractivity contribution in [2.24, 2.45) is 0 Å². The van der Waals surface area contributed by atoms with Crippen molar-refractivity contribution < 1.29 is 4.74 Å². The standard InChI is InChI=1S/C22H19Cl4NO/c23-18-7-5-15(20(25)11-18)9-10-27-13-16-3-1-2-4-22(16)28-14-17-6-8-19(24)12-21(17)26/h1-8,11-12,27H,9-10,13-14H2. The maximum absolute atomic E-state index is 6.22. The number of benzene rings is 3. The molecule has 0 aliphatic carbocycles. The normalized spacial score (nSPS) is 10.9. The summed E-state index contributed by atoms with van der Waals surface area (Å²) in [6, 6.07) is 18.9. The molecule has 0 atom stereocenters. The largest absolute Gasteiger partial charge is 0.489 e. The van der Waals surface area contributed by atoms with Crippen molar-refractivity contribution >= 4 is 46.4 Å². The highest BCUT2D eigenvalue weighted by Gasteiger charge is 2.07. The van der Waals surface area contributed by atoms with E-state index in [2.05, 4.69) is 5.32 Å². The molecule has 6 heteroatoms. The summed E-state index contributed by atoms with van der Waals surface area (Å²) in [5.74, 6) is 0.825. The Hall–Kier alpha value is -1.42. The van der Waals surface area contributed by atoms with Gasteiger partial charge in [-0.05, 0) is 48.9 Å². The number of nitrogens with one attached hydrogen (secondary N) is 1. The molecule has 28 heavy (non-hydrogen) atoms. The fourth-order valence-electron chi connectivity index (χ4n) is 2.76. The van der Waals surface area contributed by atoms with Crippen LogP contribution in [0.3, 0.4) is 0 Å². The van der Waals surface area contributed by atoms with E-state index in [1.54, 1.807) is 12.1 Å². The van der Waals surface area contributed by atoms with Crippen LogP contribution in [-0.4, -0.2) is 6.54 Å². The highest BCUT2D eigenvalue weighted by molar-refractivity contribution is 6.35. The molecule has 146 valence electrons. The molecule has 0 bridgehead atoms. The Balaban J connectivity index is 1.54. The van der Waals surface area contributed by atoms with Gasteiger partial charge in [-0.1, -0.05) is 76.7 Å². The summed E-state index contributed by atoms with van der Waals surface area (Å²) in [6.07, 6.45) is 0.819. The third-order valence-electron chi connectivity index (χ3n) is 4.27. The second-order valence-electron chi connectivity index (χ2n) is 6.29. The number of hydrogen-bond donors (Lipinski definition) is 1. The molecule has 0 aromatic heterocycles. The molecule has 1 N–H and O–H groups in total. The van der Waals surface area contributed by atoms with Gasteiger partial charge in [0.05, 0.1) is 0 Å². The fraction of sp³-hybridized carbons (Fsp3) is 0.182. The fourth-order valence-corrected chi connectivity index (χ4v) is 3.72. The zero-order valence-electron chi connectivity index (χ0n) is 15.0. The summed E-state index contributed by atoms with van der Waals surface area (Å²) < 4.78 is 5.99. The Morgan fingerprint density at radius 2 is 1.36 bits per heavy atom. The van der Waals surface area contributed by atoms with E-state index in [0.717, 1.165) is 35.4 Å². The topological polar surface area (TPSA) is 21.3 Å². The monoisotopic (exact) mass is 453 g/mol. The van der Waals surface area contributed by atoms with Gasteiger partial charge < -0.3 is 10.1 Å². The molecule has 0 spiro atoms. The van der Waals surface area contributed by atoms with Crippen LogP contribution >= 0.6 is 46.4 Å². The summed E-state index contributed by atoms with van der Waals surface area (Å²) in [6.45, 7) is 1.86. The van der Waals surface area contributed by atoms with Crippen LogP contribution in [0.5, 0.6) is 5.75 Å². The highest BCUT2D eigenvalue weighted by Crippen LogP contribution is 2.25. The van der Waals surface area contributed by atoms with E-state index in [4.69, 9.17) is 51.1 Å². The molecule has 3 aromatic carbocycles. The van der Waals surface area contributed by atoms with Crippen LogP contribution in [0.25, 0.3) is 0 Å². The van der Waals surface area contributed by atoms with E-state index in [1.165, 1.54) is 0 Å². The van der Waals surface area contributed by atoms with Crippen LogP contribution < -0.4 is 10.1 Å². The van der Waals surface area contributed by atoms with Gasteiger partial charge in [-0.3, -0.25) is 0 Å². The minimum Gasteiger partial charge on any atom is -0.489 e. The molecule has 0 amide bonds. The Bertz CT molecular complexity index is 946. The summed E-state index contributed by atoms with van der Waals surface area (Å²) in [5.41, 5.74) is 3.04. The lowest BCUT2D eigenvalue weighted by molar-refractivity contribution is 0.302. The van der Waals surface area contributed by atoms with Gasteiger partial charge in [-0.15, -0.1) is 0 Å². The molecule has 0 heterocycles. The molecule has 0 aliphatic rings. The number of ether oxygens (including phenoxy) is 1. The SMILES string of the molecule is Clc1ccc(CCNCc2ccccc2OCc2ccc(Cl)cc2Cl)c(Cl)c1. The van der Waals surface area contributed by atoms with Gasteiger partial charge in [0.1, 0.15) is 12.4 Å². The predicted octanol–water partition coefficient (Wildman–Crippen LogP) is 7.21. The third-order valence-corrected chi connectivity index (χ3v) is 5.45. The van der Waals surface area contributed by atoms with Gasteiger partial charge in [0.25, 0.3) is 0 Å². The van der Waals surface area contributed by atoms with Gasteiger partial charge >= 0.3 is 0 Å². The zero-order chi connectivity index (χ0) is 19.9. The lowest BCUT2D eigenvalue weighted by atomic mass is 10.1. The van der Waals surface area contributed by atoms with Gasteiger partial charge in [0.15, 0.2) is 0 Å². The number of halogens is 4. The van der Waals surface area contributed by atoms with Crippen molar-refractivity contribution in [1.82, 2.24) is 5.32 Å².